The SMILES string of the molecule is CCNC(=O)c1ccc(N)cc1OCCCOC. The summed E-state index contributed by atoms with van der Waals surface area (Å²) < 4.78 is 10.5. The number of nitrogen functional groups attached to an aromatic ring is 1. The second-order valence-electron chi connectivity index (χ2n) is 3.81. The topological polar surface area (TPSA) is 73.6 Å². The zero-order valence-electron chi connectivity index (χ0n) is 10.9. The van der Waals surface area contributed by atoms with Crippen molar-refractivity contribution in [1.29, 1.82) is 0 Å². The van der Waals surface area contributed by atoms with Crippen LogP contribution in [0.2, 0.25) is 0 Å². The first-order chi connectivity index (χ1) is 8.69. The Bertz CT molecular complexity index is 394. The summed E-state index contributed by atoms with van der Waals surface area (Å²) in [4.78, 5) is 11.8. The van der Waals surface area contributed by atoms with Crippen LogP contribution in [0.4, 0.5) is 5.69 Å². The van der Waals surface area contributed by atoms with Gasteiger partial charge in [-0.1, -0.05) is 0 Å². The third-order valence-electron chi connectivity index (χ3n) is 2.34. The minimum atomic E-state index is -0.153. The summed E-state index contributed by atoms with van der Waals surface area (Å²) in [5, 5.41) is 2.74. The van der Waals surface area contributed by atoms with Gasteiger partial charge in [-0.2, -0.15) is 0 Å². The largest absolute Gasteiger partial charge is 0.493 e. The third-order valence-corrected chi connectivity index (χ3v) is 2.34. The predicted molar refractivity (Wildman–Crippen MR) is 70.8 cm³/mol. The molecular formula is C13H20N2O3. The number of carbonyl (C=O) groups is 1. The van der Waals surface area contributed by atoms with E-state index in [1.165, 1.54) is 0 Å². The average Bonchev–Trinajstić information content (AvgIpc) is 2.35. The first kappa shape index (κ1) is 14.3. The molecule has 5 nitrogen and oxygen atoms in total. The molecule has 3 N–H and O–H groups in total. The molecule has 0 unspecified atom stereocenters. The lowest BCUT2D eigenvalue weighted by Gasteiger charge is -2.11. The molecule has 1 aromatic carbocycles. The molecule has 100 valence electrons. The Morgan fingerprint density at radius 1 is 1.39 bits per heavy atom. The van der Waals surface area contributed by atoms with Crippen LogP contribution in [0.15, 0.2) is 18.2 Å². The Hall–Kier alpha value is -1.75. The number of carbonyl (C=O) groups excluding carboxylic acids is 1. The van der Waals surface area contributed by atoms with E-state index in [1.807, 2.05) is 6.92 Å². The average molecular weight is 252 g/mol. The molecule has 0 saturated carbocycles. The van der Waals surface area contributed by atoms with Crippen LogP contribution in [-0.4, -0.2) is 32.8 Å². The summed E-state index contributed by atoms with van der Waals surface area (Å²) in [7, 11) is 1.64. The van der Waals surface area contributed by atoms with Crippen molar-refractivity contribution in [2.75, 3.05) is 32.6 Å². The van der Waals surface area contributed by atoms with Crippen molar-refractivity contribution in [3.63, 3.8) is 0 Å². The maximum atomic E-state index is 11.8. The number of hydrogen-bond donors (Lipinski definition) is 2. The van der Waals surface area contributed by atoms with Gasteiger partial charge in [-0.05, 0) is 19.1 Å². The molecule has 0 aliphatic rings. The van der Waals surface area contributed by atoms with E-state index in [-0.39, 0.29) is 5.91 Å². The molecule has 0 spiro atoms. The van der Waals surface area contributed by atoms with Gasteiger partial charge in [0.05, 0.1) is 12.2 Å². The lowest BCUT2D eigenvalue weighted by atomic mass is 10.1. The standard InChI is InChI=1S/C13H20N2O3/c1-3-15-13(16)11-6-5-10(14)9-12(11)18-8-4-7-17-2/h5-6,9H,3-4,7-8,14H2,1-2H3,(H,15,16). The Kier molecular flexibility index (Phi) is 6.00. The summed E-state index contributed by atoms with van der Waals surface area (Å²) >= 11 is 0. The van der Waals surface area contributed by atoms with E-state index in [9.17, 15) is 4.79 Å². The van der Waals surface area contributed by atoms with Crippen LogP contribution < -0.4 is 15.8 Å². The van der Waals surface area contributed by atoms with Crippen LogP contribution in [0, 0.1) is 0 Å². The lowest BCUT2D eigenvalue weighted by Crippen LogP contribution is -2.23. The van der Waals surface area contributed by atoms with Crippen LogP contribution in [0.1, 0.15) is 23.7 Å². The molecule has 0 fully saturated rings. The van der Waals surface area contributed by atoms with Gasteiger partial charge in [0.2, 0.25) is 0 Å². The van der Waals surface area contributed by atoms with E-state index in [0.717, 1.165) is 6.42 Å². The van der Waals surface area contributed by atoms with Crippen molar-refractivity contribution in [3.05, 3.63) is 23.8 Å². The first-order valence-electron chi connectivity index (χ1n) is 5.98. The summed E-state index contributed by atoms with van der Waals surface area (Å²) in [6, 6.07) is 5.02. The highest BCUT2D eigenvalue weighted by molar-refractivity contribution is 5.97. The van der Waals surface area contributed by atoms with Crippen molar-refractivity contribution in [1.82, 2.24) is 5.32 Å². The smallest absolute Gasteiger partial charge is 0.255 e. The minimum Gasteiger partial charge on any atom is -0.493 e. The number of nitrogens with two attached hydrogens (primary N) is 1. The Morgan fingerprint density at radius 3 is 2.83 bits per heavy atom. The second-order valence-corrected chi connectivity index (χ2v) is 3.81. The van der Waals surface area contributed by atoms with Crippen LogP contribution in [0.5, 0.6) is 5.75 Å². The van der Waals surface area contributed by atoms with Gasteiger partial charge in [0.15, 0.2) is 0 Å². The van der Waals surface area contributed by atoms with Crippen molar-refractivity contribution in [3.8, 4) is 5.75 Å². The molecule has 0 heterocycles. The molecule has 1 rings (SSSR count). The maximum Gasteiger partial charge on any atom is 0.255 e. The quantitative estimate of drug-likeness (QED) is 0.569. The molecule has 5 heteroatoms. The Balaban J connectivity index is 2.73. The molecule has 0 bridgehead atoms. The molecule has 0 radical (unpaired) electrons. The number of methoxy groups -OCH3 is 1. The number of rotatable bonds is 7. The highest BCUT2D eigenvalue weighted by Gasteiger charge is 2.11. The summed E-state index contributed by atoms with van der Waals surface area (Å²) in [5.41, 5.74) is 6.77. The highest BCUT2D eigenvalue weighted by Crippen LogP contribution is 2.22. The first-order valence-corrected chi connectivity index (χ1v) is 5.98. The second kappa shape index (κ2) is 7.55. The normalized spacial score (nSPS) is 10.1. The Labute approximate surface area is 107 Å². The molecule has 1 aromatic rings. The van der Waals surface area contributed by atoms with Gasteiger partial charge in [0, 0.05) is 38.4 Å². The number of hydrogen-bond acceptors (Lipinski definition) is 4. The lowest BCUT2D eigenvalue weighted by molar-refractivity contribution is 0.0951. The summed E-state index contributed by atoms with van der Waals surface area (Å²) in [6.45, 7) is 3.56. The number of nitrogens with one attached hydrogen (secondary N) is 1. The predicted octanol–water partition coefficient (Wildman–Crippen LogP) is 1.43. The Morgan fingerprint density at radius 2 is 2.17 bits per heavy atom. The molecule has 0 atom stereocenters. The van der Waals surface area contributed by atoms with Gasteiger partial charge in [-0.3, -0.25) is 4.79 Å². The molecule has 0 aliphatic carbocycles. The molecular weight excluding hydrogens is 232 g/mol. The zero-order valence-corrected chi connectivity index (χ0v) is 10.9. The fourth-order valence-electron chi connectivity index (χ4n) is 1.49. The molecule has 0 saturated heterocycles. The van der Waals surface area contributed by atoms with E-state index in [0.29, 0.717) is 36.8 Å². The van der Waals surface area contributed by atoms with E-state index < -0.39 is 0 Å². The molecule has 0 aliphatic heterocycles. The van der Waals surface area contributed by atoms with E-state index >= 15 is 0 Å². The van der Waals surface area contributed by atoms with Gasteiger partial charge in [0.1, 0.15) is 5.75 Å². The maximum absolute atomic E-state index is 11.8. The van der Waals surface area contributed by atoms with Crippen LogP contribution in [0.25, 0.3) is 0 Å². The number of anilines is 1. The monoisotopic (exact) mass is 252 g/mol. The van der Waals surface area contributed by atoms with E-state index in [1.54, 1.807) is 25.3 Å². The number of benzene rings is 1. The van der Waals surface area contributed by atoms with Gasteiger partial charge >= 0.3 is 0 Å². The molecule has 18 heavy (non-hydrogen) atoms. The zero-order chi connectivity index (χ0) is 13.4. The van der Waals surface area contributed by atoms with Crippen LogP contribution >= 0.6 is 0 Å². The summed E-state index contributed by atoms with van der Waals surface area (Å²) in [6.07, 6.45) is 0.764. The molecule has 0 aromatic heterocycles. The van der Waals surface area contributed by atoms with Gasteiger partial charge in [-0.25, -0.2) is 0 Å². The van der Waals surface area contributed by atoms with E-state index in [2.05, 4.69) is 5.32 Å². The van der Waals surface area contributed by atoms with Gasteiger partial charge in [-0.15, -0.1) is 0 Å². The molecule has 1 amide bonds. The number of amides is 1. The fourth-order valence-corrected chi connectivity index (χ4v) is 1.49. The highest BCUT2D eigenvalue weighted by atomic mass is 16.5. The van der Waals surface area contributed by atoms with Crippen molar-refractivity contribution in [2.24, 2.45) is 0 Å². The van der Waals surface area contributed by atoms with E-state index in [4.69, 9.17) is 15.2 Å². The minimum absolute atomic E-state index is 0.153. The summed E-state index contributed by atoms with van der Waals surface area (Å²) in [5.74, 6) is 0.358. The van der Waals surface area contributed by atoms with Crippen molar-refractivity contribution >= 4 is 11.6 Å². The fraction of sp³-hybridized carbons (Fsp3) is 0.462. The van der Waals surface area contributed by atoms with Crippen molar-refractivity contribution < 1.29 is 14.3 Å². The van der Waals surface area contributed by atoms with Crippen LogP contribution in [-0.2, 0) is 4.74 Å². The third kappa shape index (κ3) is 4.25. The number of ether oxygens (including phenoxy) is 2. The van der Waals surface area contributed by atoms with Crippen molar-refractivity contribution in [2.45, 2.75) is 13.3 Å². The van der Waals surface area contributed by atoms with Gasteiger partial charge < -0.3 is 20.5 Å². The van der Waals surface area contributed by atoms with Gasteiger partial charge in [0.25, 0.3) is 5.91 Å². The van der Waals surface area contributed by atoms with Crippen LogP contribution in [0.3, 0.4) is 0 Å².